The summed E-state index contributed by atoms with van der Waals surface area (Å²) in [6.45, 7) is 2.24. The van der Waals surface area contributed by atoms with Crippen LogP contribution >= 0.6 is 0 Å². The van der Waals surface area contributed by atoms with Crippen LogP contribution in [-0.4, -0.2) is 20.9 Å². The van der Waals surface area contributed by atoms with Crippen molar-refractivity contribution in [3.8, 4) is 6.07 Å². The van der Waals surface area contributed by atoms with Gasteiger partial charge >= 0.3 is 0 Å². The van der Waals surface area contributed by atoms with E-state index in [-0.39, 0.29) is 5.92 Å². The van der Waals surface area contributed by atoms with Crippen LogP contribution in [0.15, 0.2) is 6.20 Å². The molecule has 1 radical (unpaired) electrons. The highest BCUT2D eigenvalue weighted by molar-refractivity contribution is 5.92. The molecule has 0 unspecified atom stereocenters. The molecule has 6 nitrogen and oxygen atoms in total. The predicted molar refractivity (Wildman–Crippen MR) is 75.5 cm³/mol. The molecule has 0 atom stereocenters. The van der Waals surface area contributed by atoms with Crippen LogP contribution in [0.25, 0.3) is 0 Å². The molecule has 2 fully saturated rings. The predicted octanol–water partition coefficient (Wildman–Crippen LogP) is 1.52. The molecule has 1 heterocycles. The number of nitrogens with zero attached hydrogens (tertiary/aromatic N) is 4. The fourth-order valence-electron chi connectivity index (χ4n) is 3.19. The zero-order valence-electron chi connectivity index (χ0n) is 12.2. The van der Waals surface area contributed by atoms with Crippen molar-refractivity contribution in [1.29, 1.82) is 5.26 Å². The molecule has 2 aliphatic rings. The van der Waals surface area contributed by atoms with Gasteiger partial charge in [0.15, 0.2) is 5.54 Å². The lowest BCUT2D eigenvalue weighted by molar-refractivity contribution is -0.116. The molecular weight excluding hydrogens is 266 g/mol. The minimum absolute atomic E-state index is 0.168. The van der Waals surface area contributed by atoms with E-state index in [1.807, 2.05) is 0 Å². The highest BCUT2D eigenvalue weighted by atomic mass is 16.1. The van der Waals surface area contributed by atoms with Gasteiger partial charge in [0.05, 0.1) is 12.3 Å². The van der Waals surface area contributed by atoms with Gasteiger partial charge in [0, 0.05) is 0 Å². The van der Waals surface area contributed by atoms with E-state index < -0.39 is 11.4 Å². The molecule has 0 aromatic carbocycles. The summed E-state index contributed by atoms with van der Waals surface area (Å²) in [5.41, 5.74) is 5.58. The molecular formula is C15H20N5O. The van der Waals surface area contributed by atoms with Gasteiger partial charge in [-0.15, -0.1) is 5.10 Å². The molecule has 111 valence electrons. The summed E-state index contributed by atoms with van der Waals surface area (Å²) in [4.78, 5) is 11.9. The van der Waals surface area contributed by atoms with Gasteiger partial charge in [-0.2, -0.15) is 5.26 Å². The number of aromatic nitrogens is 3. The topological polar surface area (TPSA) is 97.6 Å². The highest BCUT2D eigenvalue weighted by Crippen LogP contribution is 2.43. The number of carbonyl (C=O) groups is 1. The molecule has 0 bridgehead atoms. The molecule has 21 heavy (non-hydrogen) atoms. The van der Waals surface area contributed by atoms with Gasteiger partial charge in [-0.05, 0) is 37.5 Å². The van der Waals surface area contributed by atoms with E-state index >= 15 is 0 Å². The van der Waals surface area contributed by atoms with Crippen LogP contribution in [0.2, 0.25) is 0 Å². The first kappa shape index (κ1) is 14.1. The third-order valence-corrected chi connectivity index (χ3v) is 4.83. The van der Waals surface area contributed by atoms with E-state index in [0.29, 0.717) is 17.5 Å². The first-order valence-corrected chi connectivity index (χ1v) is 7.57. The maximum atomic E-state index is 11.9. The minimum atomic E-state index is -0.547. The van der Waals surface area contributed by atoms with Crippen molar-refractivity contribution in [2.75, 3.05) is 0 Å². The zero-order chi connectivity index (χ0) is 15.0. The molecule has 0 aliphatic heterocycles. The molecule has 0 saturated heterocycles. The van der Waals surface area contributed by atoms with E-state index in [1.165, 1.54) is 0 Å². The number of rotatable bonds is 4. The Morgan fingerprint density at radius 3 is 2.62 bits per heavy atom. The first-order chi connectivity index (χ1) is 10.1. The van der Waals surface area contributed by atoms with Crippen LogP contribution in [0.3, 0.4) is 0 Å². The van der Waals surface area contributed by atoms with Crippen LogP contribution in [0.1, 0.15) is 51.1 Å². The highest BCUT2D eigenvalue weighted by Gasteiger charge is 2.47. The summed E-state index contributed by atoms with van der Waals surface area (Å²) in [6.07, 6.45) is 7.45. The normalized spacial score (nSPS) is 27.3. The summed E-state index contributed by atoms with van der Waals surface area (Å²) in [7, 11) is 0. The number of carbonyl (C=O) groups excluding carboxylic acids is 1. The Hall–Kier alpha value is -1.90. The SMILES string of the molecule is CC1CCC([C](C(N)=O)c2cn(C3(C#N)CC3)nn2)CC1. The molecule has 2 saturated carbocycles. The fourth-order valence-corrected chi connectivity index (χ4v) is 3.19. The Morgan fingerprint density at radius 2 is 2.10 bits per heavy atom. The maximum Gasteiger partial charge on any atom is 0.231 e. The van der Waals surface area contributed by atoms with E-state index in [9.17, 15) is 10.1 Å². The van der Waals surface area contributed by atoms with E-state index in [2.05, 4.69) is 23.3 Å². The molecule has 1 amide bonds. The maximum absolute atomic E-state index is 11.9. The van der Waals surface area contributed by atoms with Crippen molar-refractivity contribution in [1.82, 2.24) is 15.0 Å². The first-order valence-electron chi connectivity index (χ1n) is 7.57. The van der Waals surface area contributed by atoms with Crippen LogP contribution in [0.4, 0.5) is 0 Å². The molecule has 1 aromatic heterocycles. The molecule has 3 rings (SSSR count). The lowest BCUT2D eigenvalue weighted by Gasteiger charge is -2.29. The van der Waals surface area contributed by atoms with Crippen molar-refractivity contribution in [2.24, 2.45) is 17.6 Å². The Balaban J connectivity index is 1.82. The summed E-state index contributed by atoms with van der Waals surface area (Å²) >= 11 is 0. The third kappa shape index (κ3) is 2.53. The number of nitriles is 1. The number of hydrogen-bond donors (Lipinski definition) is 1. The van der Waals surface area contributed by atoms with Crippen LogP contribution in [-0.2, 0) is 10.3 Å². The second kappa shape index (κ2) is 5.14. The molecule has 0 spiro atoms. The van der Waals surface area contributed by atoms with Crippen LogP contribution < -0.4 is 5.73 Å². The summed E-state index contributed by atoms with van der Waals surface area (Å²) < 4.78 is 1.59. The van der Waals surface area contributed by atoms with Gasteiger partial charge in [-0.25, -0.2) is 4.68 Å². The van der Waals surface area contributed by atoms with Crippen LogP contribution in [0.5, 0.6) is 0 Å². The molecule has 6 heteroatoms. The summed E-state index contributed by atoms with van der Waals surface area (Å²) in [5, 5.41) is 17.4. The van der Waals surface area contributed by atoms with Crippen molar-refractivity contribution < 1.29 is 4.79 Å². The van der Waals surface area contributed by atoms with Gasteiger partial charge in [-0.3, -0.25) is 4.79 Å². The third-order valence-electron chi connectivity index (χ3n) is 4.83. The van der Waals surface area contributed by atoms with Crippen molar-refractivity contribution >= 4 is 5.91 Å². The molecule has 2 N–H and O–H groups in total. The largest absolute Gasteiger partial charge is 0.369 e. The van der Waals surface area contributed by atoms with Crippen molar-refractivity contribution in [3.05, 3.63) is 17.8 Å². The zero-order valence-corrected chi connectivity index (χ0v) is 12.2. The monoisotopic (exact) mass is 286 g/mol. The van der Waals surface area contributed by atoms with E-state index in [1.54, 1.807) is 10.9 Å². The number of hydrogen-bond acceptors (Lipinski definition) is 4. The second-order valence-corrected chi connectivity index (χ2v) is 6.43. The average Bonchev–Trinajstić information content (AvgIpc) is 3.13. The fraction of sp³-hybridized carbons (Fsp3) is 0.667. The Bertz CT molecular complexity index is 575. The molecule has 1 aromatic rings. The summed E-state index contributed by atoms with van der Waals surface area (Å²) in [6, 6.07) is 2.27. The van der Waals surface area contributed by atoms with Crippen molar-refractivity contribution in [2.45, 2.75) is 51.0 Å². The lowest BCUT2D eigenvalue weighted by atomic mass is 9.75. The Labute approximate surface area is 124 Å². The second-order valence-electron chi connectivity index (χ2n) is 6.43. The van der Waals surface area contributed by atoms with E-state index in [0.717, 1.165) is 38.5 Å². The Morgan fingerprint density at radius 1 is 1.43 bits per heavy atom. The van der Waals surface area contributed by atoms with Crippen molar-refractivity contribution in [3.63, 3.8) is 0 Å². The number of primary amides is 1. The average molecular weight is 286 g/mol. The number of amides is 1. The quantitative estimate of drug-likeness (QED) is 0.907. The minimum Gasteiger partial charge on any atom is -0.369 e. The van der Waals surface area contributed by atoms with Gasteiger partial charge in [0.1, 0.15) is 11.6 Å². The summed E-state index contributed by atoms with van der Waals surface area (Å²) in [5.74, 6) is 1.05. The van der Waals surface area contributed by atoms with Gasteiger partial charge < -0.3 is 5.73 Å². The van der Waals surface area contributed by atoms with Crippen LogP contribution in [0, 0.1) is 29.1 Å². The standard InChI is InChI=1S/C15H20N5O/c1-10-2-4-11(5-3-10)13(14(17)21)12-8-20(19-18-12)15(9-16)6-7-15/h8,10-11H,2-7H2,1H3,(H2,17,21). The van der Waals surface area contributed by atoms with Gasteiger partial charge in [-0.1, -0.05) is 25.0 Å². The van der Waals surface area contributed by atoms with E-state index in [4.69, 9.17) is 5.73 Å². The van der Waals surface area contributed by atoms with Gasteiger partial charge in [0.2, 0.25) is 5.91 Å². The Kier molecular flexibility index (Phi) is 3.44. The lowest BCUT2D eigenvalue weighted by Crippen LogP contribution is -2.31. The number of nitrogens with two attached hydrogens (primary N) is 1. The van der Waals surface area contributed by atoms with Gasteiger partial charge in [0.25, 0.3) is 0 Å². The molecule has 2 aliphatic carbocycles. The smallest absolute Gasteiger partial charge is 0.231 e.